The molecule has 0 amide bonds. The maximum Gasteiger partial charge on any atom is 0.328 e. The van der Waals surface area contributed by atoms with E-state index in [4.69, 9.17) is 11.6 Å². The Bertz CT molecular complexity index is 736. The molecule has 2 N–H and O–H groups in total. The Morgan fingerprint density at radius 2 is 1.95 bits per heavy atom. The van der Waals surface area contributed by atoms with Crippen LogP contribution in [0.2, 0.25) is 5.02 Å². The molecule has 1 aromatic carbocycles. The quantitative estimate of drug-likeness (QED) is 0.882. The summed E-state index contributed by atoms with van der Waals surface area (Å²) in [5, 5.41) is 9.12. The highest BCUT2D eigenvalue weighted by molar-refractivity contribution is 6.30. The molecule has 20 heavy (non-hydrogen) atoms. The molecular formula is C13H11ClN2O4. The molecule has 0 aliphatic rings. The second-order valence-corrected chi connectivity index (χ2v) is 4.60. The summed E-state index contributed by atoms with van der Waals surface area (Å²) in [6, 6.07) is 8.53. The number of halogens is 1. The summed E-state index contributed by atoms with van der Waals surface area (Å²) in [5.41, 5.74) is -0.824. The van der Waals surface area contributed by atoms with Crippen LogP contribution >= 0.6 is 11.6 Å². The van der Waals surface area contributed by atoms with Crippen molar-refractivity contribution in [1.82, 2.24) is 9.55 Å². The van der Waals surface area contributed by atoms with Crippen molar-refractivity contribution in [2.24, 2.45) is 0 Å². The van der Waals surface area contributed by atoms with Crippen molar-refractivity contribution in [2.45, 2.75) is 12.5 Å². The summed E-state index contributed by atoms with van der Waals surface area (Å²) in [7, 11) is 0. The lowest BCUT2D eigenvalue weighted by Crippen LogP contribution is -2.32. The highest BCUT2D eigenvalue weighted by Gasteiger charge is 2.21. The minimum absolute atomic E-state index is 0.116. The largest absolute Gasteiger partial charge is 0.481 e. The van der Waals surface area contributed by atoms with E-state index >= 15 is 0 Å². The molecular weight excluding hydrogens is 284 g/mol. The molecule has 0 saturated heterocycles. The SMILES string of the molecule is O=C(O)C(Cn1cc(Cl)c(=O)[nH]c1=O)c1ccccc1. The van der Waals surface area contributed by atoms with Gasteiger partial charge in [-0.3, -0.25) is 19.1 Å². The van der Waals surface area contributed by atoms with Gasteiger partial charge in [0.15, 0.2) is 0 Å². The van der Waals surface area contributed by atoms with Crippen LogP contribution in [0, 0.1) is 0 Å². The Hall–Kier alpha value is -2.34. The number of nitrogens with zero attached hydrogens (tertiary/aromatic N) is 1. The van der Waals surface area contributed by atoms with Crippen LogP contribution in [-0.2, 0) is 11.3 Å². The zero-order chi connectivity index (χ0) is 14.7. The number of aromatic amines is 1. The minimum atomic E-state index is -1.06. The van der Waals surface area contributed by atoms with E-state index in [-0.39, 0.29) is 11.6 Å². The maximum atomic E-state index is 11.6. The average Bonchev–Trinajstić information content (AvgIpc) is 2.42. The van der Waals surface area contributed by atoms with Gasteiger partial charge in [-0.05, 0) is 5.56 Å². The number of nitrogens with one attached hydrogen (secondary N) is 1. The lowest BCUT2D eigenvalue weighted by Gasteiger charge is -2.14. The topological polar surface area (TPSA) is 92.2 Å². The van der Waals surface area contributed by atoms with E-state index in [9.17, 15) is 19.5 Å². The van der Waals surface area contributed by atoms with Crippen LogP contribution in [-0.4, -0.2) is 20.6 Å². The van der Waals surface area contributed by atoms with Gasteiger partial charge in [0, 0.05) is 12.7 Å². The van der Waals surface area contributed by atoms with Crippen molar-refractivity contribution < 1.29 is 9.90 Å². The van der Waals surface area contributed by atoms with Crippen molar-refractivity contribution in [3.63, 3.8) is 0 Å². The van der Waals surface area contributed by atoms with Gasteiger partial charge in [-0.2, -0.15) is 0 Å². The van der Waals surface area contributed by atoms with Crippen molar-refractivity contribution in [2.75, 3.05) is 0 Å². The predicted octanol–water partition coefficient (Wildman–Crippen LogP) is 1.06. The van der Waals surface area contributed by atoms with Crippen LogP contribution in [0.15, 0.2) is 46.1 Å². The number of hydrogen-bond acceptors (Lipinski definition) is 3. The lowest BCUT2D eigenvalue weighted by molar-refractivity contribution is -0.139. The first-order valence-electron chi connectivity index (χ1n) is 5.76. The second-order valence-electron chi connectivity index (χ2n) is 4.19. The molecule has 0 aliphatic heterocycles. The van der Waals surface area contributed by atoms with Gasteiger partial charge in [0.1, 0.15) is 5.02 Å². The number of carboxylic acid groups (broad SMARTS) is 1. The summed E-state index contributed by atoms with van der Waals surface area (Å²) in [6.45, 7) is -0.116. The number of rotatable bonds is 4. The second kappa shape index (κ2) is 5.75. The summed E-state index contributed by atoms with van der Waals surface area (Å²) in [6.07, 6.45) is 1.14. The van der Waals surface area contributed by atoms with Gasteiger partial charge >= 0.3 is 11.7 Å². The van der Waals surface area contributed by atoms with E-state index in [1.54, 1.807) is 30.3 Å². The number of aromatic nitrogens is 2. The van der Waals surface area contributed by atoms with E-state index in [2.05, 4.69) is 0 Å². The highest BCUT2D eigenvalue weighted by atomic mass is 35.5. The molecule has 0 bridgehead atoms. The van der Waals surface area contributed by atoms with Crippen LogP contribution < -0.4 is 11.2 Å². The zero-order valence-corrected chi connectivity index (χ0v) is 11.0. The molecule has 7 heteroatoms. The average molecular weight is 295 g/mol. The summed E-state index contributed by atoms with van der Waals surface area (Å²) >= 11 is 5.64. The van der Waals surface area contributed by atoms with Crippen LogP contribution in [0.25, 0.3) is 0 Å². The van der Waals surface area contributed by atoms with E-state index < -0.39 is 23.1 Å². The van der Waals surface area contributed by atoms with Gasteiger partial charge in [0.2, 0.25) is 0 Å². The molecule has 0 spiro atoms. The van der Waals surface area contributed by atoms with Crippen molar-refractivity contribution in [3.05, 3.63) is 68.0 Å². The minimum Gasteiger partial charge on any atom is -0.481 e. The molecule has 1 atom stereocenters. The number of benzene rings is 1. The predicted molar refractivity (Wildman–Crippen MR) is 73.2 cm³/mol. The van der Waals surface area contributed by atoms with Crippen LogP contribution in [0.1, 0.15) is 11.5 Å². The Kier molecular flexibility index (Phi) is 4.05. The molecule has 1 heterocycles. The lowest BCUT2D eigenvalue weighted by atomic mass is 9.99. The Morgan fingerprint density at radius 1 is 1.30 bits per heavy atom. The molecule has 1 aromatic heterocycles. The molecule has 1 unspecified atom stereocenters. The summed E-state index contributed by atoms with van der Waals surface area (Å²) in [5.74, 6) is -1.97. The van der Waals surface area contributed by atoms with Gasteiger partial charge in [-0.15, -0.1) is 0 Å². The zero-order valence-electron chi connectivity index (χ0n) is 10.2. The van der Waals surface area contributed by atoms with E-state index in [1.807, 2.05) is 4.98 Å². The maximum absolute atomic E-state index is 11.6. The Balaban J connectivity index is 2.40. The molecule has 6 nitrogen and oxygen atoms in total. The Morgan fingerprint density at radius 3 is 2.55 bits per heavy atom. The van der Waals surface area contributed by atoms with Crippen molar-refractivity contribution in [1.29, 1.82) is 0 Å². The summed E-state index contributed by atoms with van der Waals surface area (Å²) < 4.78 is 1.08. The first-order valence-corrected chi connectivity index (χ1v) is 6.14. The van der Waals surface area contributed by atoms with E-state index in [1.165, 1.54) is 0 Å². The van der Waals surface area contributed by atoms with Gasteiger partial charge < -0.3 is 5.11 Å². The van der Waals surface area contributed by atoms with E-state index in [0.717, 1.165) is 10.8 Å². The standard InChI is InChI=1S/C13H11ClN2O4/c14-10-7-16(13(20)15-11(10)17)6-9(12(18)19)8-4-2-1-3-5-8/h1-5,7,9H,6H2,(H,18,19)(H,15,17,20). The molecule has 2 aromatic rings. The number of hydrogen-bond donors (Lipinski definition) is 2. The highest BCUT2D eigenvalue weighted by Crippen LogP contribution is 2.17. The van der Waals surface area contributed by atoms with Crippen molar-refractivity contribution in [3.8, 4) is 0 Å². The number of carboxylic acids is 1. The first-order chi connectivity index (χ1) is 9.49. The van der Waals surface area contributed by atoms with Crippen LogP contribution in [0.5, 0.6) is 0 Å². The first kappa shape index (κ1) is 14.1. The Labute approximate surface area is 118 Å². The molecule has 2 rings (SSSR count). The molecule has 0 radical (unpaired) electrons. The van der Waals surface area contributed by atoms with E-state index in [0.29, 0.717) is 5.56 Å². The monoisotopic (exact) mass is 294 g/mol. The van der Waals surface area contributed by atoms with Gasteiger partial charge in [0.25, 0.3) is 5.56 Å². The molecule has 104 valence electrons. The third-order valence-corrected chi connectivity index (χ3v) is 3.12. The summed E-state index contributed by atoms with van der Waals surface area (Å²) in [4.78, 5) is 36.2. The fraction of sp³-hybridized carbons (Fsp3) is 0.154. The van der Waals surface area contributed by atoms with Crippen LogP contribution in [0.3, 0.4) is 0 Å². The van der Waals surface area contributed by atoms with Crippen molar-refractivity contribution >= 4 is 17.6 Å². The molecule has 0 saturated carbocycles. The van der Waals surface area contributed by atoms with Gasteiger partial charge in [0.05, 0.1) is 5.92 Å². The van der Waals surface area contributed by atoms with Crippen LogP contribution in [0.4, 0.5) is 0 Å². The number of H-pyrrole nitrogens is 1. The van der Waals surface area contributed by atoms with Gasteiger partial charge in [-0.25, -0.2) is 4.79 Å². The smallest absolute Gasteiger partial charge is 0.328 e. The van der Waals surface area contributed by atoms with Gasteiger partial charge in [-0.1, -0.05) is 41.9 Å². The fourth-order valence-electron chi connectivity index (χ4n) is 1.83. The third-order valence-electron chi connectivity index (χ3n) is 2.85. The molecule has 0 aliphatic carbocycles. The number of carbonyl (C=O) groups is 1. The number of aliphatic carboxylic acids is 1. The normalized spacial score (nSPS) is 12.1. The fourth-order valence-corrected chi connectivity index (χ4v) is 1.99. The molecule has 0 fully saturated rings. The third kappa shape index (κ3) is 2.97.